The molecule has 0 radical (unpaired) electrons. The van der Waals surface area contributed by atoms with Crippen molar-refractivity contribution < 1.29 is 0 Å². The Balaban J connectivity index is 1.78. The fraction of sp³-hybridized carbons (Fsp3) is 0.400. The highest BCUT2D eigenvalue weighted by molar-refractivity contribution is 5.47. The van der Waals surface area contributed by atoms with E-state index in [1.165, 1.54) is 11.3 Å². The topological polar surface area (TPSA) is 43.2 Å². The van der Waals surface area contributed by atoms with E-state index in [1.807, 2.05) is 18.2 Å². The molecule has 1 aromatic carbocycles. The van der Waals surface area contributed by atoms with E-state index < -0.39 is 5.41 Å². The predicted molar refractivity (Wildman–Crippen MR) is 96.8 cm³/mol. The first-order valence-corrected chi connectivity index (χ1v) is 8.44. The van der Waals surface area contributed by atoms with Gasteiger partial charge in [0.05, 0.1) is 11.8 Å². The highest BCUT2D eigenvalue weighted by Crippen LogP contribution is 2.33. The first kappa shape index (κ1) is 16.5. The van der Waals surface area contributed by atoms with Gasteiger partial charge in [-0.25, -0.2) is 0 Å². The second-order valence-corrected chi connectivity index (χ2v) is 6.79. The lowest BCUT2D eigenvalue weighted by atomic mass is 9.78. The van der Waals surface area contributed by atoms with Crippen LogP contribution in [0.5, 0.6) is 0 Å². The Bertz CT molecular complexity index is 720. The molecular formula is C20H24N4. The van der Waals surface area contributed by atoms with E-state index in [2.05, 4.69) is 59.2 Å². The van der Waals surface area contributed by atoms with Crippen molar-refractivity contribution >= 4 is 5.69 Å². The van der Waals surface area contributed by atoms with E-state index in [0.29, 0.717) is 0 Å². The second-order valence-electron chi connectivity index (χ2n) is 6.79. The molecule has 1 saturated heterocycles. The van der Waals surface area contributed by atoms with Crippen LogP contribution in [0.2, 0.25) is 0 Å². The normalized spacial score (nSPS) is 21.2. The molecule has 24 heavy (non-hydrogen) atoms. The van der Waals surface area contributed by atoms with Gasteiger partial charge in [0.25, 0.3) is 0 Å². The van der Waals surface area contributed by atoms with Gasteiger partial charge >= 0.3 is 0 Å². The number of hydrogen-bond acceptors (Lipinski definition) is 4. The summed E-state index contributed by atoms with van der Waals surface area (Å²) in [6.45, 7) is 2.65. The van der Waals surface area contributed by atoms with Crippen LogP contribution in [0.4, 0.5) is 5.69 Å². The molecule has 0 spiro atoms. The summed E-state index contributed by atoms with van der Waals surface area (Å²) in [5.74, 6) is 0. The smallest absolute Gasteiger partial charge is 0.112 e. The molecule has 1 fully saturated rings. The van der Waals surface area contributed by atoms with Crippen molar-refractivity contribution in [2.45, 2.75) is 24.8 Å². The highest BCUT2D eigenvalue weighted by atomic mass is 15.1. The van der Waals surface area contributed by atoms with Crippen molar-refractivity contribution in [1.82, 2.24) is 9.88 Å². The van der Waals surface area contributed by atoms with Crippen molar-refractivity contribution in [3.05, 3.63) is 59.9 Å². The molecule has 1 aromatic heterocycles. The van der Waals surface area contributed by atoms with Gasteiger partial charge in [-0.1, -0.05) is 18.2 Å². The Morgan fingerprint density at radius 1 is 1.25 bits per heavy atom. The molecule has 1 aliphatic rings. The summed E-state index contributed by atoms with van der Waals surface area (Å²) in [7, 11) is 4.11. The van der Waals surface area contributed by atoms with Gasteiger partial charge in [-0.3, -0.25) is 9.88 Å². The molecule has 0 N–H and O–H groups in total. The number of hydrogen-bond donors (Lipinski definition) is 0. The third kappa shape index (κ3) is 3.42. The number of anilines is 1. The second kappa shape index (κ2) is 7.02. The minimum Gasteiger partial charge on any atom is -0.378 e. The van der Waals surface area contributed by atoms with Crippen molar-refractivity contribution in [3.63, 3.8) is 0 Å². The van der Waals surface area contributed by atoms with Crippen LogP contribution in [-0.4, -0.2) is 37.1 Å². The third-order valence-electron chi connectivity index (χ3n) is 4.77. The molecule has 0 amide bonds. The molecule has 3 rings (SSSR count). The monoisotopic (exact) mass is 320 g/mol. The predicted octanol–water partition coefficient (Wildman–Crippen LogP) is 3.20. The van der Waals surface area contributed by atoms with E-state index in [-0.39, 0.29) is 0 Å². The summed E-state index contributed by atoms with van der Waals surface area (Å²) in [6.07, 6.45) is 3.69. The molecule has 1 unspecified atom stereocenters. The van der Waals surface area contributed by atoms with Crippen molar-refractivity contribution in [2.24, 2.45) is 0 Å². The molecule has 1 aliphatic heterocycles. The number of likely N-dealkylation sites (tertiary alicyclic amines) is 1. The van der Waals surface area contributed by atoms with Crippen LogP contribution in [0.3, 0.4) is 0 Å². The Labute approximate surface area is 144 Å². The summed E-state index contributed by atoms with van der Waals surface area (Å²) in [4.78, 5) is 8.97. The third-order valence-corrected chi connectivity index (χ3v) is 4.77. The van der Waals surface area contributed by atoms with E-state index in [1.54, 1.807) is 6.20 Å². The average molecular weight is 320 g/mol. The lowest BCUT2D eigenvalue weighted by Crippen LogP contribution is -2.45. The molecule has 0 saturated carbocycles. The molecule has 124 valence electrons. The Hall–Kier alpha value is -2.38. The first-order chi connectivity index (χ1) is 11.6. The molecule has 1 atom stereocenters. The van der Waals surface area contributed by atoms with Gasteiger partial charge in [0.15, 0.2) is 0 Å². The van der Waals surface area contributed by atoms with Gasteiger partial charge in [0.1, 0.15) is 5.41 Å². The van der Waals surface area contributed by atoms with Crippen LogP contribution >= 0.6 is 0 Å². The zero-order chi connectivity index (χ0) is 17.0. The number of piperidine rings is 1. The maximum atomic E-state index is 9.87. The molecule has 2 heterocycles. The van der Waals surface area contributed by atoms with Crippen molar-refractivity contribution in [1.29, 1.82) is 5.26 Å². The quantitative estimate of drug-likeness (QED) is 0.867. The van der Waals surface area contributed by atoms with E-state index in [4.69, 9.17) is 0 Å². The minimum absolute atomic E-state index is 0.487. The van der Waals surface area contributed by atoms with Crippen LogP contribution in [0.15, 0.2) is 48.7 Å². The number of nitrogens with zero attached hydrogens (tertiary/aromatic N) is 4. The van der Waals surface area contributed by atoms with E-state index >= 15 is 0 Å². The van der Waals surface area contributed by atoms with Crippen molar-refractivity contribution in [2.75, 3.05) is 32.1 Å². The molecule has 0 bridgehead atoms. The number of nitriles is 1. The van der Waals surface area contributed by atoms with Crippen LogP contribution in [0, 0.1) is 11.3 Å². The standard InChI is InChI=1S/C20H24N4/c1-23(2)18-8-5-7-17(13-18)14-24-12-6-10-20(15-21,16-24)19-9-3-4-11-22-19/h3-5,7-9,11,13H,6,10,12,14,16H2,1-2H3. The molecule has 0 aliphatic carbocycles. The SMILES string of the molecule is CN(C)c1cccc(CN2CCCC(C#N)(c3ccccn3)C2)c1. The Morgan fingerprint density at radius 3 is 2.83 bits per heavy atom. The van der Waals surface area contributed by atoms with Crippen LogP contribution in [0.25, 0.3) is 0 Å². The highest BCUT2D eigenvalue weighted by Gasteiger charge is 2.38. The van der Waals surface area contributed by atoms with Gasteiger partial charge in [0, 0.05) is 39.1 Å². The Kier molecular flexibility index (Phi) is 4.82. The molecule has 4 nitrogen and oxygen atoms in total. The summed E-state index contributed by atoms with van der Waals surface area (Å²) >= 11 is 0. The number of pyridine rings is 1. The van der Waals surface area contributed by atoms with Crippen LogP contribution in [-0.2, 0) is 12.0 Å². The van der Waals surface area contributed by atoms with Crippen LogP contribution < -0.4 is 4.90 Å². The van der Waals surface area contributed by atoms with Gasteiger partial charge in [-0.2, -0.15) is 5.26 Å². The van der Waals surface area contributed by atoms with Gasteiger partial charge in [-0.15, -0.1) is 0 Å². The minimum atomic E-state index is -0.487. The molecule has 2 aromatic rings. The van der Waals surface area contributed by atoms with Gasteiger partial charge < -0.3 is 4.90 Å². The fourth-order valence-electron chi connectivity index (χ4n) is 3.47. The average Bonchev–Trinajstić information content (AvgIpc) is 2.63. The summed E-state index contributed by atoms with van der Waals surface area (Å²) in [5, 5.41) is 9.87. The van der Waals surface area contributed by atoms with Gasteiger partial charge in [0.2, 0.25) is 0 Å². The largest absolute Gasteiger partial charge is 0.378 e. The maximum Gasteiger partial charge on any atom is 0.112 e. The van der Waals surface area contributed by atoms with E-state index in [9.17, 15) is 5.26 Å². The summed E-state index contributed by atoms with van der Waals surface area (Å²) < 4.78 is 0. The molecule has 4 heteroatoms. The fourth-order valence-corrected chi connectivity index (χ4v) is 3.47. The van der Waals surface area contributed by atoms with Gasteiger partial charge in [-0.05, 0) is 49.2 Å². The summed E-state index contributed by atoms with van der Waals surface area (Å²) in [5.41, 5.74) is 2.91. The first-order valence-electron chi connectivity index (χ1n) is 8.44. The van der Waals surface area contributed by atoms with E-state index in [0.717, 1.165) is 38.2 Å². The molecular weight excluding hydrogens is 296 g/mol. The van der Waals surface area contributed by atoms with Crippen molar-refractivity contribution in [3.8, 4) is 6.07 Å². The zero-order valence-corrected chi connectivity index (χ0v) is 14.4. The Morgan fingerprint density at radius 2 is 2.12 bits per heavy atom. The number of aromatic nitrogens is 1. The van der Waals surface area contributed by atoms with Crippen LogP contribution in [0.1, 0.15) is 24.1 Å². The lowest BCUT2D eigenvalue weighted by Gasteiger charge is -2.38. The maximum absolute atomic E-state index is 9.87. The number of benzene rings is 1. The summed E-state index contributed by atoms with van der Waals surface area (Å²) in [6, 6.07) is 17.0. The lowest BCUT2D eigenvalue weighted by molar-refractivity contribution is 0.167. The zero-order valence-electron chi connectivity index (χ0n) is 14.4. The number of rotatable bonds is 4.